The molecular formula is C36H44Cl2Zr. The third kappa shape index (κ3) is 6.37. The largest absolute Gasteiger partial charge is 4.00 e. The first kappa shape index (κ1) is 32.8. The van der Waals surface area contributed by atoms with Crippen molar-refractivity contribution < 1.29 is 51.0 Å². The van der Waals surface area contributed by atoms with Gasteiger partial charge < -0.3 is 24.8 Å². The van der Waals surface area contributed by atoms with Gasteiger partial charge in [-0.3, -0.25) is 6.08 Å². The molecule has 0 radical (unpaired) electrons. The van der Waals surface area contributed by atoms with E-state index in [1.165, 1.54) is 51.9 Å². The Morgan fingerprint density at radius 3 is 1.51 bits per heavy atom. The van der Waals surface area contributed by atoms with E-state index in [4.69, 9.17) is 0 Å². The fourth-order valence-electron chi connectivity index (χ4n) is 8.14. The quantitative estimate of drug-likeness (QED) is 0.351. The van der Waals surface area contributed by atoms with Crippen molar-refractivity contribution in [1.29, 1.82) is 0 Å². The van der Waals surface area contributed by atoms with Crippen molar-refractivity contribution in [3.05, 3.63) is 77.4 Å². The van der Waals surface area contributed by atoms with Crippen LogP contribution in [0.15, 0.2) is 60.2 Å². The Morgan fingerprint density at radius 2 is 1.15 bits per heavy atom. The van der Waals surface area contributed by atoms with Crippen LogP contribution in [0, 0.1) is 29.2 Å². The van der Waals surface area contributed by atoms with Gasteiger partial charge in [0.15, 0.2) is 0 Å². The van der Waals surface area contributed by atoms with Crippen molar-refractivity contribution in [3.63, 3.8) is 0 Å². The summed E-state index contributed by atoms with van der Waals surface area (Å²) in [5, 5.41) is 5.49. The summed E-state index contributed by atoms with van der Waals surface area (Å²) in [6, 6.07) is 16.1. The monoisotopic (exact) mass is 636 g/mol. The summed E-state index contributed by atoms with van der Waals surface area (Å²) < 4.78 is 0. The van der Waals surface area contributed by atoms with Gasteiger partial charge in [0, 0.05) is 0 Å². The van der Waals surface area contributed by atoms with E-state index in [2.05, 4.69) is 102 Å². The second-order valence-electron chi connectivity index (χ2n) is 14.6. The Bertz CT molecular complexity index is 1250. The molecule has 0 N–H and O–H groups in total. The van der Waals surface area contributed by atoms with Gasteiger partial charge in [-0.15, -0.1) is 46.2 Å². The Hall–Kier alpha value is -0.747. The number of hydrogen-bond acceptors (Lipinski definition) is 0. The van der Waals surface area contributed by atoms with Gasteiger partial charge >= 0.3 is 26.2 Å². The van der Waals surface area contributed by atoms with E-state index in [0.29, 0.717) is 5.41 Å². The van der Waals surface area contributed by atoms with Crippen molar-refractivity contribution in [1.82, 2.24) is 0 Å². The van der Waals surface area contributed by atoms with Crippen LogP contribution in [0.1, 0.15) is 97.6 Å². The molecule has 0 heterocycles. The SMILES string of the molecule is CC(C)(C)c1ccc2[cH-]c3ccc(C(C)(C)C)cc3c2c1.[C-]1=C(C23CC4CC(CC(C4)C2)C3)C=CC1.[Cl-].[Cl-].[Zr+4]. The van der Waals surface area contributed by atoms with Gasteiger partial charge in [-0.1, -0.05) is 76.9 Å². The van der Waals surface area contributed by atoms with Gasteiger partial charge in [-0.25, -0.2) is 11.6 Å². The first-order valence-corrected chi connectivity index (χ1v) is 14.4. The van der Waals surface area contributed by atoms with Gasteiger partial charge in [0.1, 0.15) is 0 Å². The molecule has 0 nitrogen and oxygen atoms in total. The Balaban J connectivity index is 0.000000208. The molecule has 0 aliphatic heterocycles. The average molecular weight is 639 g/mol. The molecule has 4 saturated carbocycles. The second kappa shape index (κ2) is 11.9. The zero-order valence-corrected chi connectivity index (χ0v) is 28.6. The molecule has 4 fully saturated rings. The minimum atomic E-state index is 0. The predicted molar refractivity (Wildman–Crippen MR) is 156 cm³/mol. The number of fused-ring (bicyclic) bond motifs is 3. The summed E-state index contributed by atoms with van der Waals surface area (Å²) >= 11 is 0. The van der Waals surface area contributed by atoms with Gasteiger partial charge in [0.25, 0.3) is 0 Å². The third-order valence-corrected chi connectivity index (χ3v) is 9.74. The van der Waals surface area contributed by atoms with E-state index < -0.39 is 0 Å². The van der Waals surface area contributed by atoms with Gasteiger partial charge in [0.2, 0.25) is 0 Å². The molecule has 0 unspecified atom stereocenters. The first-order valence-electron chi connectivity index (χ1n) is 14.4. The van der Waals surface area contributed by atoms with Crippen molar-refractivity contribution >= 4 is 21.5 Å². The second-order valence-corrected chi connectivity index (χ2v) is 14.6. The van der Waals surface area contributed by atoms with Crippen LogP contribution in [0.3, 0.4) is 0 Å². The molecule has 5 aliphatic carbocycles. The number of halogens is 2. The summed E-state index contributed by atoms with van der Waals surface area (Å²) in [5.74, 6) is 3.21. The molecule has 3 aromatic rings. The maximum Gasteiger partial charge on any atom is 4.00 e. The third-order valence-electron chi connectivity index (χ3n) is 9.74. The van der Waals surface area contributed by atoms with Crippen molar-refractivity contribution in [2.45, 2.75) is 97.3 Å². The molecule has 206 valence electrons. The summed E-state index contributed by atoms with van der Waals surface area (Å²) in [5.41, 5.74) is 5.40. The number of allylic oxidation sites excluding steroid dienone is 4. The summed E-state index contributed by atoms with van der Waals surface area (Å²) in [4.78, 5) is 0. The Labute approximate surface area is 268 Å². The van der Waals surface area contributed by atoms with Crippen molar-refractivity contribution in [2.75, 3.05) is 0 Å². The minimum absolute atomic E-state index is 0. The minimum Gasteiger partial charge on any atom is -1.00 e. The molecule has 3 aromatic carbocycles. The summed E-state index contributed by atoms with van der Waals surface area (Å²) in [6.45, 7) is 13.7. The number of benzene rings is 2. The molecular weight excluding hydrogens is 595 g/mol. The van der Waals surface area contributed by atoms with Gasteiger partial charge in [-0.2, -0.15) is 6.08 Å². The molecule has 4 bridgehead atoms. The van der Waals surface area contributed by atoms with Crippen molar-refractivity contribution in [2.24, 2.45) is 23.2 Å². The molecule has 0 amide bonds. The van der Waals surface area contributed by atoms with E-state index >= 15 is 0 Å². The van der Waals surface area contributed by atoms with Crippen LogP contribution in [0.25, 0.3) is 21.5 Å². The van der Waals surface area contributed by atoms with Crippen LogP contribution in [-0.2, 0) is 37.0 Å². The standard InChI is InChI=1S/C21H25.C15H19.2ClH.Zr/c1-20(2,3)16-9-7-14-11-15-8-10-17(21(4,5)6)13-19(15)18(14)12-16;1-2-4-14(3-1)15-8-11-5-12(9-15)7-13(6-11)10-15;;;/h7-13H,1-6H3;1,3,11-13H,2,5-10H2;2*1H;/q2*-1;;;+4/p-2. The molecule has 5 aliphatic rings. The first-order chi connectivity index (χ1) is 17.0. The normalized spacial score (nSPS) is 26.8. The maximum absolute atomic E-state index is 3.62. The molecule has 0 aromatic heterocycles. The molecule has 0 saturated heterocycles. The smallest absolute Gasteiger partial charge is 1.00 e. The van der Waals surface area contributed by atoms with Gasteiger partial charge in [-0.05, 0) is 72.5 Å². The number of hydrogen-bond donors (Lipinski definition) is 0. The number of rotatable bonds is 1. The van der Waals surface area contributed by atoms with Crippen LogP contribution >= 0.6 is 0 Å². The zero-order chi connectivity index (χ0) is 25.3. The summed E-state index contributed by atoms with van der Waals surface area (Å²) in [7, 11) is 0. The van der Waals surface area contributed by atoms with Crippen LogP contribution in [0.5, 0.6) is 0 Å². The predicted octanol–water partition coefficient (Wildman–Crippen LogP) is 4.20. The molecule has 0 atom stereocenters. The van der Waals surface area contributed by atoms with Crippen molar-refractivity contribution in [3.8, 4) is 0 Å². The molecule has 8 rings (SSSR count). The Morgan fingerprint density at radius 1 is 0.718 bits per heavy atom. The maximum atomic E-state index is 3.62. The summed E-state index contributed by atoms with van der Waals surface area (Å²) in [6.07, 6.45) is 18.5. The molecule has 39 heavy (non-hydrogen) atoms. The fraction of sp³-hybridized carbons (Fsp3) is 0.528. The topological polar surface area (TPSA) is 0 Å². The molecule has 3 heteroatoms. The van der Waals surface area contributed by atoms with E-state index in [9.17, 15) is 0 Å². The van der Waals surface area contributed by atoms with E-state index in [1.807, 2.05) is 0 Å². The van der Waals surface area contributed by atoms with Gasteiger partial charge in [0.05, 0.1) is 0 Å². The Kier molecular flexibility index (Phi) is 9.96. The molecule has 0 spiro atoms. The average Bonchev–Trinajstić information content (AvgIpc) is 3.45. The van der Waals surface area contributed by atoms with Crippen LogP contribution in [0.4, 0.5) is 0 Å². The zero-order valence-electron chi connectivity index (χ0n) is 24.6. The fourth-order valence-corrected chi connectivity index (χ4v) is 8.14. The van der Waals surface area contributed by atoms with Crippen LogP contribution < -0.4 is 24.8 Å². The van der Waals surface area contributed by atoms with E-state index in [1.54, 1.807) is 24.8 Å². The van der Waals surface area contributed by atoms with E-state index in [-0.39, 0.29) is 61.8 Å². The van der Waals surface area contributed by atoms with E-state index in [0.717, 1.165) is 24.2 Å². The van der Waals surface area contributed by atoms with Crippen LogP contribution in [0.2, 0.25) is 0 Å². The van der Waals surface area contributed by atoms with Crippen LogP contribution in [-0.4, -0.2) is 0 Å².